The summed E-state index contributed by atoms with van der Waals surface area (Å²) in [6, 6.07) is 12.1. The molecule has 0 radical (unpaired) electrons. The van der Waals surface area contributed by atoms with Crippen LogP contribution in [-0.2, 0) is 24.5 Å². The van der Waals surface area contributed by atoms with Gasteiger partial charge in [-0.2, -0.15) is 0 Å². The molecule has 2 aromatic carbocycles. The van der Waals surface area contributed by atoms with Crippen LogP contribution in [0.15, 0.2) is 42.5 Å². The number of methoxy groups -OCH3 is 3. The number of hydrogen-bond acceptors (Lipinski definition) is 9. The molecule has 0 saturated carbocycles. The number of carbonyl (C=O) groups is 3. The summed E-state index contributed by atoms with van der Waals surface area (Å²) in [7, 11) is 5.91. The molecule has 38 heavy (non-hydrogen) atoms. The van der Waals surface area contributed by atoms with E-state index < -0.39 is 29.9 Å². The Labute approximate surface area is 223 Å². The minimum Gasteiger partial charge on any atom is -0.493 e. The van der Waals surface area contributed by atoms with Crippen molar-refractivity contribution in [3.63, 3.8) is 0 Å². The Morgan fingerprint density at radius 2 is 1.47 bits per heavy atom. The molecule has 0 heterocycles. The van der Waals surface area contributed by atoms with Gasteiger partial charge in [0.15, 0.2) is 11.5 Å². The molecule has 10 nitrogen and oxygen atoms in total. The highest BCUT2D eigenvalue weighted by Gasteiger charge is 2.41. The van der Waals surface area contributed by atoms with Gasteiger partial charge in [-0.25, -0.2) is 9.59 Å². The van der Waals surface area contributed by atoms with Crippen LogP contribution in [-0.4, -0.2) is 64.2 Å². The SMILES string of the molecule is CCC(COC(=O)c1cc(OC)c(OC)c(OC)c1)(c1ccccc1)N(C)C(=O)O[C@@H](C)OC(=O)C(C)C. The van der Waals surface area contributed by atoms with Gasteiger partial charge in [0.25, 0.3) is 0 Å². The number of nitrogens with zero attached hydrogens (tertiary/aromatic N) is 1. The lowest BCUT2D eigenvalue weighted by Gasteiger charge is -2.40. The van der Waals surface area contributed by atoms with E-state index in [0.29, 0.717) is 23.7 Å². The number of carbonyl (C=O) groups excluding carboxylic acids is 3. The van der Waals surface area contributed by atoms with Gasteiger partial charge in [0.05, 0.1) is 32.8 Å². The van der Waals surface area contributed by atoms with E-state index in [0.717, 1.165) is 5.56 Å². The fraction of sp³-hybridized carbons (Fsp3) is 0.464. The monoisotopic (exact) mass is 531 g/mol. The Balaban J connectivity index is 2.35. The van der Waals surface area contributed by atoms with Crippen LogP contribution in [0.1, 0.15) is 50.0 Å². The Kier molecular flexibility index (Phi) is 10.8. The first kappa shape index (κ1) is 30.3. The van der Waals surface area contributed by atoms with Crippen molar-refractivity contribution in [3.8, 4) is 17.2 Å². The van der Waals surface area contributed by atoms with Crippen LogP contribution in [0.25, 0.3) is 0 Å². The van der Waals surface area contributed by atoms with Crippen LogP contribution < -0.4 is 14.2 Å². The number of amides is 1. The molecule has 0 aliphatic heterocycles. The molecule has 2 atom stereocenters. The van der Waals surface area contributed by atoms with Crippen LogP contribution in [0, 0.1) is 5.92 Å². The highest BCUT2D eigenvalue weighted by atomic mass is 16.7. The summed E-state index contributed by atoms with van der Waals surface area (Å²) < 4.78 is 32.3. The predicted octanol–water partition coefficient (Wildman–Crippen LogP) is 4.79. The third-order valence-corrected chi connectivity index (χ3v) is 6.17. The number of esters is 2. The van der Waals surface area contributed by atoms with Crippen LogP contribution in [0.4, 0.5) is 4.79 Å². The first-order chi connectivity index (χ1) is 18.0. The Hall–Kier alpha value is -3.95. The molecule has 0 fully saturated rings. The molecule has 2 rings (SSSR count). The van der Waals surface area contributed by atoms with Gasteiger partial charge in [-0.1, -0.05) is 51.1 Å². The molecule has 1 amide bonds. The summed E-state index contributed by atoms with van der Waals surface area (Å²) in [6.45, 7) is 6.51. The average Bonchev–Trinajstić information content (AvgIpc) is 2.92. The molecule has 0 aliphatic carbocycles. The van der Waals surface area contributed by atoms with Crippen molar-refractivity contribution >= 4 is 18.0 Å². The third kappa shape index (κ3) is 6.87. The standard InChI is InChI=1S/C28H37NO9/c1-9-28(21-13-11-10-12-14-21,29(5)27(32)38-19(4)37-25(30)18(2)3)17-36-26(31)20-15-22(33-6)24(35-8)23(16-20)34-7/h10-16,18-19H,9,17H2,1-8H3/t19-,28?/m0/s1. The molecule has 0 aromatic heterocycles. The minimum atomic E-state index is -1.10. The van der Waals surface area contributed by atoms with Crippen molar-refractivity contribution in [3.05, 3.63) is 53.6 Å². The zero-order valence-electron chi connectivity index (χ0n) is 23.2. The number of likely N-dealkylation sites (N-methyl/N-ethyl adjacent to an activating group) is 1. The van der Waals surface area contributed by atoms with Crippen molar-refractivity contribution in [2.45, 2.75) is 45.9 Å². The molecule has 0 bridgehead atoms. The van der Waals surface area contributed by atoms with E-state index in [2.05, 4.69) is 0 Å². The highest BCUT2D eigenvalue weighted by molar-refractivity contribution is 5.91. The third-order valence-electron chi connectivity index (χ3n) is 6.17. The smallest absolute Gasteiger partial charge is 0.413 e. The van der Waals surface area contributed by atoms with E-state index in [9.17, 15) is 14.4 Å². The van der Waals surface area contributed by atoms with E-state index in [1.54, 1.807) is 20.9 Å². The second-order valence-corrected chi connectivity index (χ2v) is 8.84. The van der Waals surface area contributed by atoms with Gasteiger partial charge in [0.2, 0.25) is 12.0 Å². The molecular weight excluding hydrogens is 494 g/mol. The summed E-state index contributed by atoms with van der Waals surface area (Å²) in [6.07, 6.45) is -1.47. The summed E-state index contributed by atoms with van der Waals surface area (Å²) in [4.78, 5) is 39.6. The molecule has 1 unspecified atom stereocenters. The number of hydrogen-bond donors (Lipinski definition) is 0. The first-order valence-electron chi connectivity index (χ1n) is 12.2. The molecule has 0 saturated heterocycles. The highest BCUT2D eigenvalue weighted by Crippen LogP contribution is 2.39. The number of rotatable bonds is 12. The lowest BCUT2D eigenvalue weighted by Crippen LogP contribution is -2.51. The fourth-order valence-corrected chi connectivity index (χ4v) is 3.85. The normalized spacial score (nSPS) is 13.1. The fourth-order valence-electron chi connectivity index (χ4n) is 3.85. The molecule has 0 spiro atoms. The van der Waals surface area contributed by atoms with E-state index in [-0.39, 0.29) is 18.1 Å². The van der Waals surface area contributed by atoms with Crippen LogP contribution in [0.5, 0.6) is 17.2 Å². The molecule has 208 valence electrons. The molecule has 2 aromatic rings. The Morgan fingerprint density at radius 3 is 1.95 bits per heavy atom. The average molecular weight is 532 g/mol. The van der Waals surface area contributed by atoms with Gasteiger partial charge < -0.3 is 28.4 Å². The summed E-state index contributed by atoms with van der Waals surface area (Å²) in [5, 5.41) is 0. The van der Waals surface area contributed by atoms with Crippen LogP contribution in [0.3, 0.4) is 0 Å². The molecular formula is C28H37NO9. The maximum absolute atomic E-state index is 13.2. The maximum atomic E-state index is 13.2. The van der Waals surface area contributed by atoms with E-state index >= 15 is 0 Å². The van der Waals surface area contributed by atoms with Crippen molar-refractivity contribution < 1.29 is 42.8 Å². The van der Waals surface area contributed by atoms with E-state index in [1.807, 2.05) is 37.3 Å². The minimum absolute atomic E-state index is 0.178. The zero-order chi connectivity index (χ0) is 28.5. The second-order valence-electron chi connectivity index (χ2n) is 8.84. The Morgan fingerprint density at radius 1 is 0.895 bits per heavy atom. The van der Waals surface area contributed by atoms with Gasteiger partial charge in [-0.05, 0) is 24.1 Å². The maximum Gasteiger partial charge on any atom is 0.413 e. The second kappa shape index (κ2) is 13.6. The summed E-state index contributed by atoms with van der Waals surface area (Å²) >= 11 is 0. The van der Waals surface area contributed by atoms with Gasteiger partial charge in [0, 0.05) is 14.0 Å². The summed E-state index contributed by atoms with van der Waals surface area (Å²) in [5.41, 5.74) is -0.181. The molecule has 0 aliphatic rings. The van der Waals surface area contributed by atoms with Crippen molar-refractivity contribution in [1.29, 1.82) is 0 Å². The van der Waals surface area contributed by atoms with Gasteiger partial charge in [-0.3, -0.25) is 9.69 Å². The predicted molar refractivity (Wildman–Crippen MR) is 139 cm³/mol. The lowest BCUT2D eigenvalue weighted by atomic mass is 9.86. The first-order valence-corrected chi connectivity index (χ1v) is 12.2. The Bertz CT molecular complexity index is 1080. The molecule has 0 N–H and O–H groups in total. The van der Waals surface area contributed by atoms with Crippen molar-refractivity contribution in [2.75, 3.05) is 35.0 Å². The van der Waals surface area contributed by atoms with Crippen molar-refractivity contribution in [1.82, 2.24) is 4.90 Å². The number of benzene rings is 2. The quantitative estimate of drug-likeness (QED) is 0.282. The van der Waals surface area contributed by atoms with Gasteiger partial charge in [-0.15, -0.1) is 0 Å². The molecule has 10 heteroatoms. The van der Waals surface area contributed by atoms with Crippen LogP contribution in [0.2, 0.25) is 0 Å². The largest absolute Gasteiger partial charge is 0.493 e. The van der Waals surface area contributed by atoms with Gasteiger partial charge in [0.1, 0.15) is 12.1 Å². The zero-order valence-corrected chi connectivity index (χ0v) is 23.2. The van der Waals surface area contributed by atoms with Gasteiger partial charge >= 0.3 is 18.0 Å². The number of ether oxygens (including phenoxy) is 6. The van der Waals surface area contributed by atoms with E-state index in [4.69, 9.17) is 28.4 Å². The summed E-state index contributed by atoms with van der Waals surface area (Å²) in [5.74, 6) is -0.574. The van der Waals surface area contributed by atoms with Crippen LogP contribution >= 0.6 is 0 Å². The lowest BCUT2D eigenvalue weighted by molar-refractivity contribution is -0.170. The van der Waals surface area contributed by atoms with Crippen molar-refractivity contribution in [2.24, 2.45) is 5.92 Å². The topological polar surface area (TPSA) is 110 Å². The van der Waals surface area contributed by atoms with E-state index in [1.165, 1.54) is 45.3 Å².